The van der Waals surface area contributed by atoms with Crippen LogP contribution in [0.15, 0.2) is 58.8 Å². The number of hydrogen-bond donors (Lipinski definition) is 1. The van der Waals surface area contributed by atoms with Crippen LogP contribution >= 0.6 is 33.9 Å². The zero-order valence-electron chi connectivity index (χ0n) is 15.6. The van der Waals surface area contributed by atoms with Crippen molar-refractivity contribution in [3.05, 3.63) is 63.3 Å². The minimum absolute atomic E-state index is 0.0288. The molecule has 1 aliphatic heterocycles. The van der Waals surface area contributed by atoms with Gasteiger partial charge in [0.2, 0.25) is 15.9 Å². The predicted molar refractivity (Wildman–Crippen MR) is 122 cm³/mol. The van der Waals surface area contributed by atoms with Gasteiger partial charge in [-0.3, -0.25) is 4.79 Å². The predicted octanol–water partition coefficient (Wildman–Crippen LogP) is 4.35. The highest BCUT2D eigenvalue weighted by Crippen LogP contribution is 2.29. The quantitative estimate of drug-likeness (QED) is 0.474. The third kappa shape index (κ3) is 4.41. The molecule has 1 fully saturated rings. The second kappa shape index (κ2) is 8.69. The zero-order chi connectivity index (χ0) is 21.3. The Morgan fingerprint density at radius 1 is 1.17 bits per heavy atom. The fourth-order valence-corrected chi connectivity index (χ4v) is 6.04. The first-order valence-electron chi connectivity index (χ1n) is 9.14. The molecule has 2 aromatic carbocycles. The number of aromatic nitrogens is 1. The summed E-state index contributed by atoms with van der Waals surface area (Å²) in [6, 6.07) is 11.7. The average Bonchev–Trinajstić information content (AvgIpc) is 3.39. The fourth-order valence-electron chi connectivity index (χ4n) is 3.30. The molecule has 0 bridgehead atoms. The molecule has 6 nitrogen and oxygen atoms in total. The van der Waals surface area contributed by atoms with Crippen LogP contribution in [0.1, 0.15) is 12.8 Å². The van der Waals surface area contributed by atoms with Gasteiger partial charge in [0, 0.05) is 21.1 Å². The molecule has 0 saturated carbocycles. The van der Waals surface area contributed by atoms with Crippen molar-refractivity contribution in [3.8, 4) is 11.3 Å². The Balaban J connectivity index is 1.50. The van der Waals surface area contributed by atoms with E-state index in [1.54, 1.807) is 0 Å². The summed E-state index contributed by atoms with van der Waals surface area (Å²) in [5.41, 5.74) is 1.68. The lowest BCUT2D eigenvalue weighted by molar-refractivity contribution is -0.119. The summed E-state index contributed by atoms with van der Waals surface area (Å²) in [7, 11) is -3.90. The van der Waals surface area contributed by atoms with Gasteiger partial charge in [-0.2, -0.15) is 4.31 Å². The van der Waals surface area contributed by atoms with Gasteiger partial charge in [-0.05, 0) is 71.8 Å². The molecule has 0 spiro atoms. The van der Waals surface area contributed by atoms with Crippen molar-refractivity contribution in [2.24, 2.45) is 0 Å². The summed E-state index contributed by atoms with van der Waals surface area (Å²) >= 11 is 3.51. The molecule has 1 N–H and O–H groups in total. The van der Waals surface area contributed by atoms with Crippen molar-refractivity contribution in [2.45, 2.75) is 23.8 Å². The van der Waals surface area contributed by atoms with Crippen LogP contribution < -0.4 is 5.32 Å². The summed E-state index contributed by atoms with van der Waals surface area (Å²) in [5, 5.41) is 5.01. The first-order chi connectivity index (χ1) is 14.3. The number of nitrogens with zero attached hydrogens (tertiary/aromatic N) is 2. The van der Waals surface area contributed by atoms with E-state index in [0.29, 0.717) is 18.0 Å². The second-order valence-electron chi connectivity index (χ2n) is 6.76. The monoisotopic (exact) mass is 557 g/mol. The Morgan fingerprint density at radius 2 is 1.87 bits per heavy atom. The van der Waals surface area contributed by atoms with E-state index in [0.717, 1.165) is 27.0 Å². The van der Waals surface area contributed by atoms with Crippen molar-refractivity contribution >= 4 is 55.0 Å². The Hall–Kier alpha value is -1.89. The Bertz CT molecular complexity index is 1160. The topological polar surface area (TPSA) is 79.4 Å². The SMILES string of the molecule is O=C(Nc1nc(-c2ccc(I)cc2)cs1)C1CCCN1S(=O)(=O)c1ccc(F)cc1. The fraction of sp³-hybridized carbons (Fsp3) is 0.200. The molecule has 10 heteroatoms. The molecule has 0 radical (unpaired) electrons. The maximum atomic E-state index is 13.2. The molecule has 1 unspecified atom stereocenters. The van der Waals surface area contributed by atoms with E-state index in [4.69, 9.17) is 0 Å². The van der Waals surface area contributed by atoms with Gasteiger partial charge >= 0.3 is 0 Å². The molecule has 3 aromatic rings. The van der Waals surface area contributed by atoms with Crippen LogP contribution in [0, 0.1) is 9.39 Å². The number of carbonyl (C=O) groups excluding carboxylic acids is 1. The largest absolute Gasteiger partial charge is 0.301 e. The van der Waals surface area contributed by atoms with Crippen molar-refractivity contribution in [1.29, 1.82) is 0 Å². The smallest absolute Gasteiger partial charge is 0.244 e. The zero-order valence-corrected chi connectivity index (χ0v) is 19.4. The maximum Gasteiger partial charge on any atom is 0.244 e. The van der Waals surface area contributed by atoms with Gasteiger partial charge in [0.05, 0.1) is 10.6 Å². The average molecular weight is 557 g/mol. The van der Waals surface area contributed by atoms with Gasteiger partial charge in [-0.1, -0.05) is 12.1 Å². The summed E-state index contributed by atoms with van der Waals surface area (Å²) in [4.78, 5) is 17.3. The lowest BCUT2D eigenvalue weighted by Gasteiger charge is -2.23. The van der Waals surface area contributed by atoms with Gasteiger partial charge in [0.25, 0.3) is 0 Å². The third-order valence-corrected chi connectivity index (χ3v) is 8.20. The van der Waals surface area contributed by atoms with Gasteiger partial charge in [0.1, 0.15) is 11.9 Å². The molecule has 1 aliphatic rings. The van der Waals surface area contributed by atoms with Crippen LogP contribution in [0.2, 0.25) is 0 Å². The van der Waals surface area contributed by atoms with E-state index < -0.39 is 27.8 Å². The molecular weight excluding hydrogens is 540 g/mol. The van der Waals surface area contributed by atoms with Crippen molar-refractivity contribution in [3.63, 3.8) is 0 Å². The summed E-state index contributed by atoms with van der Waals surface area (Å²) in [6.07, 6.45) is 0.992. The molecule has 0 aliphatic carbocycles. The number of hydrogen-bond acceptors (Lipinski definition) is 5. The number of carbonyl (C=O) groups is 1. The summed E-state index contributed by atoms with van der Waals surface area (Å²) < 4.78 is 41.3. The number of nitrogens with one attached hydrogen (secondary N) is 1. The van der Waals surface area contributed by atoms with Gasteiger partial charge in [-0.15, -0.1) is 11.3 Å². The van der Waals surface area contributed by atoms with E-state index in [9.17, 15) is 17.6 Å². The number of halogens is 2. The summed E-state index contributed by atoms with van der Waals surface area (Å²) in [5.74, 6) is -0.931. The Labute approximate surface area is 191 Å². The number of benzene rings is 2. The number of sulfonamides is 1. The van der Waals surface area contributed by atoms with Crippen LogP contribution in [0.3, 0.4) is 0 Å². The van der Waals surface area contributed by atoms with E-state index >= 15 is 0 Å². The number of amides is 1. The van der Waals surface area contributed by atoms with Crippen molar-refractivity contribution < 1.29 is 17.6 Å². The normalized spacial score (nSPS) is 17.2. The Morgan fingerprint density at radius 3 is 2.57 bits per heavy atom. The molecule has 156 valence electrons. The number of thiazole rings is 1. The Kier molecular flexibility index (Phi) is 6.19. The van der Waals surface area contributed by atoms with Crippen LogP contribution in [0.5, 0.6) is 0 Å². The summed E-state index contributed by atoms with van der Waals surface area (Å²) in [6.45, 7) is 0.240. The highest BCUT2D eigenvalue weighted by Gasteiger charge is 2.39. The van der Waals surface area contributed by atoms with E-state index in [1.165, 1.54) is 27.8 Å². The second-order valence-corrected chi connectivity index (χ2v) is 10.8. The van der Waals surface area contributed by atoms with E-state index in [2.05, 4.69) is 32.9 Å². The lowest BCUT2D eigenvalue weighted by atomic mass is 10.2. The minimum Gasteiger partial charge on any atom is -0.301 e. The van der Waals surface area contributed by atoms with Crippen LogP contribution in [0.25, 0.3) is 11.3 Å². The molecule has 4 rings (SSSR count). The maximum absolute atomic E-state index is 13.2. The van der Waals surface area contributed by atoms with Crippen LogP contribution in [-0.2, 0) is 14.8 Å². The third-order valence-electron chi connectivity index (χ3n) is 4.80. The van der Waals surface area contributed by atoms with Gasteiger partial charge in [-0.25, -0.2) is 17.8 Å². The molecule has 30 heavy (non-hydrogen) atoms. The highest BCUT2D eigenvalue weighted by atomic mass is 127. The molecule has 1 aromatic heterocycles. The van der Waals surface area contributed by atoms with Crippen molar-refractivity contribution in [2.75, 3.05) is 11.9 Å². The standard InChI is InChI=1S/C20H17FIN3O3S2/c21-14-5-9-16(10-6-14)30(27,28)25-11-1-2-18(25)19(26)24-20-23-17(12-29-20)13-3-7-15(22)8-4-13/h3-10,12,18H,1-2,11H2,(H,23,24,26). The van der Waals surface area contributed by atoms with Crippen LogP contribution in [0.4, 0.5) is 9.52 Å². The van der Waals surface area contributed by atoms with Crippen LogP contribution in [-0.4, -0.2) is 36.2 Å². The van der Waals surface area contributed by atoms with Gasteiger partial charge < -0.3 is 5.32 Å². The minimum atomic E-state index is -3.90. The number of anilines is 1. The lowest BCUT2D eigenvalue weighted by Crippen LogP contribution is -2.43. The molecular formula is C20H17FIN3O3S2. The molecule has 1 amide bonds. The van der Waals surface area contributed by atoms with E-state index in [-0.39, 0.29) is 11.4 Å². The molecule has 1 saturated heterocycles. The van der Waals surface area contributed by atoms with E-state index in [1.807, 2.05) is 29.6 Å². The first-order valence-corrected chi connectivity index (χ1v) is 12.5. The van der Waals surface area contributed by atoms with Gasteiger partial charge in [0.15, 0.2) is 5.13 Å². The molecule has 2 heterocycles. The molecule has 1 atom stereocenters. The highest BCUT2D eigenvalue weighted by molar-refractivity contribution is 14.1. The van der Waals surface area contributed by atoms with Crippen molar-refractivity contribution in [1.82, 2.24) is 9.29 Å². The first kappa shape index (κ1) is 21.3. The number of rotatable bonds is 5.